The van der Waals surface area contributed by atoms with Crippen molar-refractivity contribution in [1.82, 2.24) is 29.7 Å². The molecule has 0 radical (unpaired) electrons. The van der Waals surface area contributed by atoms with Crippen LogP contribution in [0.2, 0.25) is 0 Å². The van der Waals surface area contributed by atoms with Gasteiger partial charge in [0.05, 0.1) is 17.9 Å². The van der Waals surface area contributed by atoms with Gasteiger partial charge in [0.1, 0.15) is 11.2 Å². The van der Waals surface area contributed by atoms with Crippen LogP contribution >= 0.6 is 0 Å². The van der Waals surface area contributed by atoms with Crippen molar-refractivity contribution in [1.29, 1.82) is 0 Å². The summed E-state index contributed by atoms with van der Waals surface area (Å²) in [5, 5.41) is 7.20. The predicted octanol–water partition coefficient (Wildman–Crippen LogP) is 1.48. The summed E-state index contributed by atoms with van der Waals surface area (Å²) >= 11 is 0. The summed E-state index contributed by atoms with van der Waals surface area (Å²) in [4.78, 5) is 26.6. The van der Waals surface area contributed by atoms with Gasteiger partial charge in [-0.05, 0) is 39.0 Å². The molecule has 8 heteroatoms. The summed E-state index contributed by atoms with van der Waals surface area (Å²) in [5.41, 5.74) is 3.10. The van der Waals surface area contributed by atoms with Gasteiger partial charge < -0.3 is 9.47 Å². The van der Waals surface area contributed by atoms with Crippen LogP contribution in [-0.2, 0) is 12.8 Å². The van der Waals surface area contributed by atoms with Crippen molar-refractivity contribution in [3.05, 3.63) is 33.8 Å². The minimum Gasteiger partial charge on any atom is -0.340 e. The lowest BCUT2D eigenvalue weighted by Crippen LogP contribution is -2.26. The van der Waals surface area contributed by atoms with E-state index in [2.05, 4.69) is 36.6 Å². The van der Waals surface area contributed by atoms with Gasteiger partial charge in [0.2, 0.25) is 5.95 Å². The van der Waals surface area contributed by atoms with Crippen LogP contribution in [-0.4, -0.2) is 42.8 Å². The van der Waals surface area contributed by atoms with Crippen LogP contribution in [0.3, 0.4) is 0 Å². The molecule has 1 aliphatic heterocycles. The van der Waals surface area contributed by atoms with Gasteiger partial charge in [0, 0.05) is 18.8 Å². The molecule has 3 aromatic heterocycles. The van der Waals surface area contributed by atoms with Gasteiger partial charge in [-0.3, -0.25) is 14.9 Å². The molecule has 1 aliphatic carbocycles. The highest BCUT2D eigenvalue weighted by Crippen LogP contribution is 2.31. The summed E-state index contributed by atoms with van der Waals surface area (Å²) in [6.45, 7) is 3.82. The number of nitrogens with one attached hydrogen (secondary N) is 2. The Bertz CT molecular complexity index is 998. The van der Waals surface area contributed by atoms with E-state index in [9.17, 15) is 4.79 Å². The Morgan fingerprint density at radius 3 is 3.04 bits per heavy atom. The van der Waals surface area contributed by atoms with Crippen LogP contribution in [0, 0.1) is 6.92 Å². The summed E-state index contributed by atoms with van der Waals surface area (Å²) in [6.07, 6.45) is 7.27. The maximum absolute atomic E-state index is 12.2. The first-order valence-corrected chi connectivity index (χ1v) is 8.95. The summed E-state index contributed by atoms with van der Waals surface area (Å²) in [7, 11) is 0. The number of aromatic nitrogens is 6. The van der Waals surface area contributed by atoms with Crippen LogP contribution in [0.15, 0.2) is 11.0 Å². The second-order valence-corrected chi connectivity index (χ2v) is 7.04. The zero-order valence-electron chi connectivity index (χ0n) is 14.2. The van der Waals surface area contributed by atoms with E-state index in [1.165, 1.54) is 30.4 Å². The zero-order chi connectivity index (χ0) is 17.0. The molecular formula is C17H21N7O. The molecule has 4 heterocycles. The third-order valence-corrected chi connectivity index (χ3v) is 5.48. The molecule has 5 rings (SSSR count). The summed E-state index contributed by atoms with van der Waals surface area (Å²) in [5.74, 6) is 1.74. The number of aromatic amines is 2. The van der Waals surface area contributed by atoms with Crippen molar-refractivity contribution < 1.29 is 0 Å². The Morgan fingerprint density at radius 1 is 1.24 bits per heavy atom. The van der Waals surface area contributed by atoms with Gasteiger partial charge >= 0.3 is 0 Å². The lowest BCUT2D eigenvalue weighted by Gasteiger charge is -2.21. The van der Waals surface area contributed by atoms with E-state index in [0.717, 1.165) is 38.2 Å². The third-order valence-electron chi connectivity index (χ3n) is 5.48. The predicted molar refractivity (Wildman–Crippen MR) is 94.0 cm³/mol. The SMILES string of the molecule is Cc1nc2c(n1[C@@H]1CCN(c3nc4[nH]ncc4c(=O)[nH]3)C1)CCCC2. The van der Waals surface area contributed by atoms with E-state index in [1.807, 2.05) is 0 Å². The number of H-pyrrole nitrogens is 2. The highest BCUT2D eigenvalue weighted by Gasteiger charge is 2.30. The van der Waals surface area contributed by atoms with Gasteiger partial charge in [-0.15, -0.1) is 0 Å². The molecule has 0 amide bonds. The highest BCUT2D eigenvalue weighted by molar-refractivity contribution is 5.73. The third kappa shape index (κ3) is 2.27. The molecule has 2 N–H and O–H groups in total. The maximum Gasteiger partial charge on any atom is 0.263 e. The normalized spacial score (nSPS) is 20.4. The molecule has 0 saturated carbocycles. The Labute approximate surface area is 144 Å². The van der Waals surface area contributed by atoms with Crippen LogP contribution in [0.1, 0.15) is 42.5 Å². The molecule has 130 valence electrons. The van der Waals surface area contributed by atoms with Crippen LogP contribution in [0.25, 0.3) is 11.0 Å². The van der Waals surface area contributed by atoms with Gasteiger partial charge in [-0.25, -0.2) is 4.98 Å². The number of nitrogens with zero attached hydrogens (tertiary/aromatic N) is 5. The molecule has 3 aromatic rings. The van der Waals surface area contributed by atoms with E-state index in [-0.39, 0.29) is 5.56 Å². The smallest absolute Gasteiger partial charge is 0.263 e. The van der Waals surface area contributed by atoms with Crippen LogP contribution in [0.4, 0.5) is 5.95 Å². The van der Waals surface area contributed by atoms with E-state index < -0.39 is 0 Å². The molecule has 25 heavy (non-hydrogen) atoms. The number of hydrogen-bond acceptors (Lipinski definition) is 5. The molecule has 1 saturated heterocycles. The van der Waals surface area contributed by atoms with Gasteiger partial charge in [-0.2, -0.15) is 10.1 Å². The van der Waals surface area contributed by atoms with Crippen molar-refractivity contribution in [3.8, 4) is 0 Å². The minimum atomic E-state index is -0.145. The number of anilines is 1. The van der Waals surface area contributed by atoms with E-state index in [4.69, 9.17) is 4.98 Å². The zero-order valence-corrected chi connectivity index (χ0v) is 14.2. The Balaban J connectivity index is 1.46. The molecule has 1 atom stereocenters. The summed E-state index contributed by atoms with van der Waals surface area (Å²) < 4.78 is 2.43. The number of hydrogen-bond donors (Lipinski definition) is 2. The van der Waals surface area contributed by atoms with E-state index in [1.54, 1.807) is 0 Å². The molecule has 1 fully saturated rings. The van der Waals surface area contributed by atoms with Crippen molar-refractivity contribution in [2.45, 2.75) is 45.1 Å². The first-order chi connectivity index (χ1) is 12.2. The monoisotopic (exact) mass is 339 g/mol. The standard InChI is InChI=1S/C17H21N7O/c1-10-19-13-4-2-3-5-14(13)24(10)11-6-7-23(9-11)17-20-15-12(8-18-22-15)16(25)21-17/h8,11H,2-7,9H2,1H3,(H2,18,20,21,22,25)/t11-/m1/s1. The Hall–Kier alpha value is -2.64. The fourth-order valence-electron chi connectivity index (χ4n) is 4.31. The average Bonchev–Trinajstić information content (AvgIpc) is 3.31. The second kappa shape index (κ2) is 5.44. The minimum absolute atomic E-state index is 0.145. The number of rotatable bonds is 2. The highest BCUT2D eigenvalue weighted by atomic mass is 16.1. The number of imidazole rings is 1. The van der Waals surface area contributed by atoms with E-state index >= 15 is 0 Å². The molecule has 8 nitrogen and oxygen atoms in total. The lowest BCUT2D eigenvalue weighted by molar-refractivity contribution is 0.504. The van der Waals surface area contributed by atoms with Crippen molar-refractivity contribution in [2.24, 2.45) is 0 Å². The van der Waals surface area contributed by atoms with Gasteiger partial charge in [0.25, 0.3) is 5.56 Å². The lowest BCUT2D eigenvalue weighted by atomic mass is 10.0. The quantitative estimate of drug-likeness (QED) is 0.737. The van der Waals surface area contributed by atoms with Crippen molar-refractivity contribution >= 4 is 17.0 Å². The summed E-state index contributed by atoms with van der Waals surface area (Å²) in [6, 6.07) is 0.386. The first kappa shape index (κ1) is 14.7. The molecule has 2 aliphatic rings. The van der Waals surface area contributed by atoms with Gasteiger partial charge in [-0.1, -0.05) is 0 Å². The maximum atomic E-state index is 12.2. The molecule has 0 aromatic carbocycles. The molecule has 0 spiro atoms. The van der Waals surface area contributed by atoms with Crippen molar-refractivity contribution in [2.75, 3.05) is 18.0 Å². The fraction of sp³-hybridized carbons (Fsp3) is 0.529. The molecular weight excluding hydrogens is 318 g/mol. The molecule has 0 unspecified atom stereocenters. The topological polar surface area (TPSA) is 95.5 Å². The van der Waals surface area contributed by atoms with Crippen LogP contribution < -0.4 is 10.5 Å². The number of aryl methyl sites for hydroxylation is 2. The molecule has 0 bridgehead atoms. The Morgan fingerprint density at radius 2 is 2.12 bits per heavy atom. The largest absolute Gasteiger partial charge is 0.340 e. The van der Waals surface area contributed by atoms with E-state index in [0.29, 0.717) is 23.0 Å². The first-order valence-electron chi connectivity index (χ1n) is 8.95. The van der Waals surface area contributed by atoms with Crippen LogP contribution in [0.5, 0.6) is 0 Å². The average molecular weight is 339 g/mol. The van der Waals surface area contributed by atoms with Gasteiger partial charge in [0.15, 0.2) is 5.65 Å². The van der Waals surface area contributed by atoms with Crippen molar-refractivity contribution in [3.63, 3.8) is 0 Å². The fourth-order valence-corrected chi connectivity index (χ4v) is 4.31. The Kier molecular flexibility index (Phi) is 3.19. The number of fused-ring (bicyclic) bond motifs is 2. The second-order valence-electron chi connectivity index (χ2n) is 7.04.